The minimum Gasteiger partial charge on any atom is -0.377 e. The largest absolute Gasteiger partial charge is 0.377 e. The van der Waals surface area contributed by atoms with Crippen molar-refractivity contribution in [2.24, 2.45) is 5.41 Å². The van der Waals surface area contributed by atoms with E-state index in [-0.39, 0.29) is 17.6 Å². The van der Waals surface area contributed by atoms with Crippen molar-refractivity contribution >= 4 is 6.03 Å². The zero-order valence-corrected chi connectivity index (χ0v) is 15.4. The second-order valence-electron chi connectivity index (χ2n) is 7.83. The first-order chi connectivity index (χ1) is 12.8. The molecule has 0 aromatic carbocycles. The van der Waals surface area contributed by atoms with Crippen LogP contribution in [-0.4, -0.2) is 66.3 Å². The van der Waals surface area contributed by atoms with Crippen molar-refractivity contribution in [1.29, 1.82) is 0 Å². The first kappa shape index (κ1) is 17.7. The van der Waals surface area contributed by atoms with E-state index in [1.54, 1.807) is 6.20 Å². The number of piperidine rings is 1. The molecule has 142 valence electrons. The molecule has 2 atom stereocenters. The van der Waals surface area contributed by atoms with E-state index >= 15 is 0 Å². The van der Waals surface area contributed by atoms with E-state index in [1.165, 1.54) is 0 Å². The summed E-state index contributed by atoms with van der Waals surface area (Å²) in [5.41, 5.74) is 0.860. The summed E-state index contributed by atoms with van der Waals surface area (Å²) in [6.07, 6.45) is 7.25. The lowest BCUT2D eigenvalue weighted by molar-refractivity contribution is -0.149. The van der Waals surface area contributed by atoms with Crippen molar-refractivity contribution in [2.45, 2.75) is 44.8 Å². The molecule has 3 aliphatic heterocycles. The van der Waals surface area contributed by atoms with Crippen LogP contribution in [0.1, 0.15) is 37.8 Å². The van der Waals surface area contributed by atoms with Gasteiger partial charge in [-0.3, -0.25) is 4.98 Å². The fourth-order valence-corrected chi connectivity index (χ4v) is 4.62. The molecule has 1 aromatic heterocycles. The molecule has 0 N–H and O–H groups in total. The van der Waals surface area contributed by atoms with Crippen LogP contribution in [-0.2, 0) is 16.1 Å². The third kappa shape index (κ3) is 3.71. The third-order valence-electron chi connectivity index (χ3n) is 6.00. The first-order valence-corrected chi connectivity index (χ1v) is 9.90. The van der Waals surface area contributed by atoms with Crippen molar-refractivity contribution in [2.75, 3.05) is 39.4 Å². The van der Waals surface area contributed by atoms with Crippen LogP contribution >= 0.6 is 0 Å². The molecular weight excluding hydrogens is 330 g/mol. The quantitative estimate of drug-likeness (QED) is 0.829. The van der Waals surface area contributed by atoms with E-state index in [2.05, 4.69) is 4.98 Å². The first-order valence-electron chi connectivity index (χ1n) is 9.90. The summed E-state index contributed by atoms with van der Waals surface area (Å²) in [7, 11) is 0. The molecule has 0 saturated carbocycles. The van der Waals surface area contributed by atoms with Crippen LogP contribution in [0, 0.1) is 5.41 Å². The van der Waals surface area contributed by atoms with Gasteiger partial charge in [0.15, 0.2) is 0 Å². The number of pyridine rings is 1. The summed E-state index contributed by atoms with van der Waals surface area (Å²) >= 11 is 0. The lowest BCUT2D eigenvalue weighted by Crippen LogP contribution is -2.59. The van der Waals surface area contributed by atoms with Crippen molar-refractivity contribution in [3.05, 3.63) is 30.1 Å². The molecule has 0 spiro atoms. The van der Waals surface area contributed by atoms with Gasteiger partial charge in [0.2, 0.25) is 0 Å². The van der Waals surface area contributed by atoms with E-state index < -0.39 is 0 Å². The zero-order valence-electron chi connectivity index (χ0n) is 15.4. The van der Waals surface area contributed by atoms with Gasteiger partial charge in [-0.1, -0.05) is 6.07 Å². The Hall–Kier alpha value is -1.66. The van der Waals surface area contributed by atoms with Gasteiger partial charge in [-0.15, -0.1) is 0 Å². The number of ether oxygens (including phenoxy) is 2. The SMILES string of the molecule is O=C(N1CCCC1)N1CC[C@H]2OCCC[C@@]2(COCc2ccccn2)C1. The monoisotopic (exact) mass is 359 g/mol. The van der Waals surface area contributed by atoms with E-state index in [0.717, 1.165) is 70.6 Å². The molecular formula is C20H29N3O3. The average Bonchev–Trinajstić information content (AvgIpc) is 3.22. The predicted octanol–water partition coefficient (Wildman–Crippen LogP) is 2.69. The summed E-state index contributed by atoms with van der Waals surface area (Å²) in [6, 6.07) is 6.08. The van der Waals surface area contributed by atoms with Crippen LogP contribution in [0.2, 0.25) is 0 Å². The van der Waals surface area contributed by atoms with Crippen molar-refractivity contribution in [3.63, 3.8) is 0 Å². The number of nitrogens with zero attached hydrogens (tertiary/aromatic N) is 3. The summed E-state index contributed by atoms with van der Waals surface area (Å²) < 4.78 is 12.2. The molecule has 6 heteroatoms. The summed E-state index contributed by atoms with van der Waals surface area (Å²) in [5, 5.41) is 0. The van der Waals surface area contributed by atoms with Gasteiger partial charge in [-0.2, -0.15) is 0 Å². The van der Waals surface area contributed by atoms with Gasteiger partial charge in [0.05, 0.1) is 25.0 Å². The van der Waals surface area contributed by atoms with E-state index in [0.29, 0.717) is 13.2 Å². The number of fused-ring (bicyclic) bond motifs is 1. The molecule has 0 radical (unpaired) electrons. The van der Waals surface area contributed by atoms with Crippen LogP contribution in [0.15, 0.2) is 24.4 Å². The molecule has 3 saturated heterocycles. The molecule has 2 amide bonds. The van der Waals surface area contributed by atoms with Crippen LogP contribution in [0.4, 0.5) is 4.79 Å². The smallest absolute Gasteiger partial charge is 0.320 e. The van der Waals surface area contributed by atoms with Gasteiger partial charge in [-0.05, 0) is 44.2 Å². The lowest BCUT2D eigenvalue weighted by atomic mass is 9.73. The Morgan fingerprint density at radius 1 is 1.23 bits per heavy atom. The van der Waals surface area contributed by atoms with Crippen molar-refractivity contribution in [1.82, 2.24) is 14.8 Å². The minimum absolute atomic E-state index is 0.0827. The molecule has 26 heavy (non-hydrogen) atoms. The van der Waals surface area contributed by atoms with E-state index in [1.807, 2.05) is 28.0 Å². The average molecular weight is 359 g/mol. The number of hydrogen-bond acceptors (Lipinski definition) is 4. The number of aromatic nitrogens is 1. The number of urea groups is 1. The fraction of sp³-hybridized carbons (Fsp3) is 0.700. The molecule has 3 fully saturated rings. The summed E-state index contributed by atoms with van der Waals surface area (Å²) in [4.78, 5) is 21.3. The van der Waals surface area contributed by atoms with Crippen LogP contribution < -0.4 is 0 Å². The third-order valence-corrected chi connectivity index (χ3v) is 6.00. The highest BCUT2D eigenvalue weighted by atomic mass is 16.5. The number of carbonyl (C=O) groups excluding carboxylic acids is 1. The Bertz CT molecular complexity index is 606. The maximum absolute atomic E-state index is 12.9. The number of carbonyl (C=O) groups is 1. The minimum atomic E-state index is -0.0827. The van der Waals surface area contributed by atoms with Crippen LogP contribution in [0.5, 0.6) is 0 Å². The Labute approximate surface area is 155 Å². The molecule has 0 bridgehead atoms. The van der Waals surface area contributed by atoms with Gasteiger partial charge < -0.3 is 19.3 Å². The van der Waals surface area contributed by atoms with Crippen molar-refractivity contribution in [3.8, 4) is 0 Å². The highest BCUT2D eigenvalue weighted by Gasteiger charge is 2.47. The molecule has 1 aromatic rings. The topological polar surface area (TPSA) is 54.9 Å². The molecule has 4 rings (SSSR count). The highest BCUT2D eigenvalue weighted by Crippen LogP contribution is 2.41. The Balaban J connectivity index is 1.41. The van der Waals surface area contributed by atoms with Crippen LogP contribution in [0.25, 0.3) is 0 Å². The second kappa shape index (κ2) is 7.92. The fourth-order valence-electron chi connectivity index (χ4n) is 4.62. The maximum atomic E-state index is 12.9. The van der Waals surface area contributed by atoms with Gasteiger partial charge in [-0.25, -0.2) is 4.79 Å². The Kier molecular flexibility index (Phi) is 5.41. The molecule has 3 aliphatic rings. The van der Waals surface area contributed by atoms with Gasteiger partial charge in [0.1, 0.15) is 0 Å². The van der Waals surface area contributed by atoms with Crippen molar-refractivity contribution < 1.29 is 14.3 Å². The number of rotatable bonds is 4. The highest BCUT2D eigenvalue weighted by molar-refractivity contribution is 5.75. The van der Waals surface area contributed by atoms with E-state index in [4.69, 9.17) is 9.47 Å². The normalized spacial score (nSPS) is 28.8. The number of amides is 2. The van der Waals surface area contributed by atoms with Gasteiger partial charge >= 0.3 is 6.03 Å². The Morgan fingerprint density at radius 2 is 2.12 bits per heavy atom. The lowest BCUT2D eigenvalue weighted by Gasteiger charge is -2.50. The molecule has 4 heterocycles. The zero-order chi connectivity index (χ0) is 17.8. The Morgan fingerprint density at radius 3 is 2.92 bits per heavy atom. The molecule has 6 nitrogen and oxygen atoms in total. The standard InChI is InChI=1S/C20H29N3O3/c24-19(22-10-3-4-11-22)23-12-7-18-20(15-23,8-5-13-26-18)16-25-14-17-6-1-2-9-21-17/h1-2,6,9,18H,3-5,7-8,10-16H2/t18-,20+/m1/s1. The van der Waals surface area contributed by atoms with Gasteiger partial charge in [0, 0.05) is 44.4 Å². The second-order valence-corrected chi connectivity index (χ2v) is 7.83. The maximum Gasteiger partial charge on any atom is 0.320 e. The predicted molar refractivity (Wildman–Crippen MR) is 97.7 cm³/mol. The van der Waals surface area contributed by atoms with Crippen LogP contribution in [0.3, 0.4) is 0 Å². The van der Waals surface area contributed by atoms with Gasteiger partial charge in [0.25, 0.3) is 0 Å². The molecule has 0 unspecified atom stereocenters. The number of hydrogen-bond donors (Lipinski definition) is 0. The van der Waals surface area contributed by atoms with E-state index in [9.17, 15) is 4.79 Å². The number of likely N-dealkylation sites (tertiary alicyclic amines) is 2. The summed E-state index contributed by atoms with van der Waals surface area (Å²) in [5.74, 6) is 0. The molecule has 0 aliphatic carbocycles. The summed E-state index contributed by atoms with van der Waals surface area (Å²) in [6.45, 7) is 5.30.